The summed E-state index contributed by atoms with van der Waals surface area (Å²) in [7, 11) is -3.79. The van der Waals surface area contributed by atoms with Gasteiger partial charge in [-0.3, -0.25) is 4.72 Å². The van der Waals surface area contributed by atoms with Crippen LogP contribution < -0.4 is 19.5 Å². The molecule has 2 heterocycles. The van der Waals surface area contributed by atoms with Crippen LogP contribution in [0.1, 0.15) is 11.1 Å². The van der Waals surface area contributed by atoms with Crippen LogP contribution in [0.4, 0.5) is 17.2 Å². The summed E-state index contributed by atoms with van der Waals surface area (Å²) in [5.41, 5.74) is 4.02. The molecule has 3 aromatic rings. The molecule has 1 aromatic heterocycles. The van der Waals surface area contributed by atoms with Gasteiger partial charge in [0.2, 0.25) is 6.79 Å². The molecule has 2 N–H and O–H groups in total. The second-order valence-electron chi connectivity index (χ2n) is 6.55. The first-order valence-corrected chi connectivity index (χ1v) is 10.1. The summed E-state index contributed by atoms with van der Waals surface area (Å²) in [6.07, 6.45) is 1.58. The molecule has 0 saturated heterocycles. The molecule has 28 heavy (non-hydrogen) atoms. The molecule has 144 valence electrons. The third-order valence-corrected chi connectivity index (χ3v) is 5.52. The molecule has 0 atom stereocenters. The summed E-state index contributed by atoms with van der Waals surface area (Å²) in [5, 5.41) is 3.27. The molecule has 0 unspecified atom stereocenters. The molecule has 1 aliphatic rings. The highest BCUT2D eigenvalue weighted by Crippen LogP contribution is 2.34. The summed E-state index contributed by atoms with van der Waals surface area (Å²) in [6, 6.07) is 14.0. The fourth-order valence-electron chi connectivity index (χ4n) is 2.98. The number of aryl methyl sites for hydroxylation is 2. The van der Waals surface area contributed by atoms with Gasteiger partial charge in [0.15, 0.2) is 11.5 Å². The zero-order chi connectivity index (χ0) is 19.7. The Morgan fingerprint density at radius 1 is 0.893 bits per heavy atom. The minimum Gasteiger partial charge on any atom is -0.454 e. The lowest BCUT2D eigenvalue weighted by molar-refractivity contribution is 0.174. The second kappa shape index (κ2) is 7.05. The van der Waals surface area contributed by atoms with Crippen molar-refractivity contribution >= 4 is 27.2 Å². The van der Waals surface area contributed by atoms with Crippen LogP contribution in [0.2, 0.25) is 0 Å². The van der Waals surface area contributed by atoms with Gasteiger partial charge in [-0.1, -0.05) is 6.07 Å². The lowest BCUT2D eigenvalue weighted by Crippen LogP contribution is -2.13. The molecule has 4 rings (SSSR count). The van der Waals surface area contributed by atoms with Gasteiger partial charge in [-0.15, -0.1) is 0 Å². The molecule has 0 radical (unpaired) electrons. The van der Waals surface area contributed by atoms with E-state index >= 15 is 0 Å². The Bertz CT molecular complexity index is 1110. The molecule has 0 bridgehead atoms. The lowest BCUT2D eigenvalue weighted by Gasteiger charge is -2.11. The van der Waals surface area contributed by atoms with Gasteiger partial charge < -0.3 is 14.8 Å². The fourth-order valence-corrected chi connectivity index (χ4v) is 4.01. The van der Waals surface area contributed by atoms with Gasteiger partial charge in [0.1, 0.15) is 5.82 Å². The molecule has 2 aromatic carbocycles. The third-order valence-electron chi connectivity index (χ3n) is 4.17. The zero-order valence-electron chi connectivity index (χ0n) is 15.4. The Balaban J connectivity index is 1.49. The molecule has 0 aliphatic carbocycles. The molecule has 0 saturated carbocycles. The average molecular weight is 397 g/mol. The maximum absolute atomic E-state index is 12.6. The SMILES string of the molecule is Cc1cc(C)cc(Nc2ccc(NS(=O)(=O)c3ccc4c(c3)OCO4)nc2)c1. The van der Waals surface area contributed by atoms with Crippen molar-refractivity contribution in [3.05, 3.63) is 65.9 Å². The number of sulfonamides is 1. The van der Waals surface area contributed by atoms with Gasteiger partial charge in [0.25, 0.3) is 10.0 Å². The van der Waals surface area contributed by atoms with E-state index in [-0.39, 0.29) is 17.5 Å². The smallest absolute Gasteiger partial charge is 0.263 e. The van der Waals surface area contributed by atoms with Gasteiger partial charge in [0.05, 0.1) is 16.8 Å². The first-order valence-electron chi connectivity index (χ1n) is 8.63. The Morgan fingerprint density at radius 3 is 2.36 bits per heavy atom. The van der Waals surface area contributed by atoms with E-state index in [1.54, 1.807) is 24.4 Å². The monoisotopic (exact) mass is 397 g/mol. The highest BCUT2D eigenvalue weighted by atomic mass is 32.2. The molecule has 1 aliphatic heterocycles. The highest BCUT2D eigenvalue weighted by molar-refractivity contribution is 7.92. The maximum atomic E-state index is 12.6. The van der Waals surface area contributed by atoms with Crippen LogP contribution in [0.25, 0.3) is 0 Å². The molecule has 0 spiro atoms. The van der Waals surface area contributed by atoms with Crippen LogP contribution in [0.3, 0.4) is 0 Å². The summed E-state index contributed by atoms with van der Waals surface area (Å²) in [5.74, 6) is 1.16. The number of hydrogen-bond acceptors (Lipinski definition) is 6. The summed E-state index contributed by atoms with van der Waals surface area (Å²) in [4.78, 5) is 4.27. The normalized spacial score (nSPS) is 12.6. The summed E-state index contributed by atoms with van der Waals surface area (Å²) in [6.45, 7) is 4.15. The van der Waals surface area contributed by atoms with Crippen LogP contribution in [0.15, 0.2) is 59.6 Å². The number of nitrogens with one attached hydrogen (secondary N) is 2. The van der Waals surface area contributed by atoms with Crippen molar-refractivity contribution in [2.24, 2.45) is 0 Å². The zero-order valence-corrected chi connectivity index (χ0v) is 16.2. The van der Waals surface area contributed by atoms with Crippen molar-refractivity contribution in [1.82, 2.24) is 4.98 Å². The minimum absolute atomic E-state index is 0.0796. The van der Waals surface area contributed by atoms with E-state index in [1.807, 2.05) is 26.0 Å². The molecule has 8 heteroatoms. The summed E-state index contributed by atoms with van der Waals surface area (Å²) < 4.78 is 38.1. The van der Waals surface area contributed by atoms with Crippen LogP contribution in [0, 0.1) is 13.8 Å². The number of anilines is 3. The van der Waals surface area contributed by atoms with Crippen molar-refractivity contribution in [1.29, 1.82) is 0 Å². The second-order valence-corrected chi connectivity index (χ2v) is 8.24. The van der Waals surface area contributed by atoms with E-state index in [9.17, 15) is 8.42 Å². The van der Waals surface area contributed by atoms with Gasteiger partial charge in [-0.2, -0.15) is 0 Å². The number of nitrogens with zero attached hydrogens (tertiary/aromatic N) is 1. The number of aromatic nitrogens is 1. The number of fused-ring (bicyclic) bond motifs is 1. The van der Waals surface area contributed by atoms with E-state index in [2.05, 4.69) is 21.1 Å². The number of pyridine rings is 1. The molecular formula is C20H19N3O4S. The van der Waals surface area contributed by atoms with Crippen molar-refractivity contribution in [3.63, 3.8) is 0 Å². The van der Waals surface area contributed by atoms with E-state index < -0.39 is 10.0 Å². The first-order chi connectivity index (χ1) is 13.4. The van der Waals surface area contributed by atoms with Crippen molar-refractivity contribution < 1.29 is 17.9 Å². The van der Waals surface area contributed by atoms with Crippen LogP contribution >= 0.6 is 0 Å². The Morgan fingerprint density at radius 2 is 1.64 bits per heavy atom. The van der Waals surface area contributed by atoms with Crippen molar-refractivity contribution in [3.8, 4) is 11.5 Å². The quantitative estimate of drug-likeness (QED) is 0.677. The van der Waals surface area contributed by atoms with E-state index in [1.165, 1.54) is 12.1 Å². The topological polar surface area (TPSA) is 89.5 Å². The highest BCUT2D eigenvalue weighted by Gasteiger charge is 2.20. The van der Waals surface area contributed by atoms with E-state index in [4.69, 9.17) is 9.47 Å². The third kappa shape index (κ3) is 3.86. The number of hydrogen-bond donors (Lipinski definition) is 2. The first kappa shape index (κ1) is 18.1. The van der Waals surface area contributed by atoms with Crippen LogP contribution in [-0.4, -0.2) is 20.2 Å². The van der Waals surface area contributed by atoms with E-state index in [0.29, 0.717) is 11.5 Å². The fraction of sp³-hybridized carbons (Fsp3) is 0.150. The standard InChI is InChI=1S/C20H19N3O4S/c1-13-7-14(2)9-16(8-13)22-15-3-6-20(21-11-15)23-28(24,25)17-4-5-18-19(10-17)27-12-26-18/h3-11,22H,12H2,1-2H3,(H,21,23). The molecular weight excluding hydrogens is 378 g/mol. The number of rotatable bonds is 5. The van der Waals surface area contributed by atoms with Gasteiger partial charge in [0, 0.05) is 11.8 Å². The lowest BCUT2D eigenvalue weighted by atomic mass is 10.1. The molecule has 0 amide bonds. The van der Waals surface area contributed by atoms with E-state index in [0.717, 1.165) is 22.5 Å². The minimum atomic E-state index is -3.79. The van der Waals surface area contributed by atoms with Crippen molar-refractivity contribution in [2.75, 3.05) is 16.8 Å². The largest absolute Gasteiger partial charge is 0.454 e. The van der Waals surface area contributed by atoms with Gasteiger partial charge in [-0.05, 0) is 61.4 Å². The predicted octanol–water partition coefficient (Wildman–Crippen LogP) is 3.97. The Labute approximate surface area is 163 Å². The summed E-state index contributed by atoms with van der Waals surface area (Å²) >= 11 is 0. The average Bonchev–Trinajstić information content (AvgIpc) is 3.10. The number of benzene rings is 2. The predicted molar refractivity (Wildman–Crippen MR) is 107 cm³/mol. The van der Waals surface area contributed by atoms with Gasteiger partial charge >= 0.3 is 0 Å². The molecule has 7 nitrogen and oxygen atoms in total. The molecule has 0 fully saturated rings. The van der Waals surface area contributed by atoms with Crippen LogP contribution in [-0.2, 0) is 10.0 Å². The maximum Gasteiger partial charge on any atom is 0.263 e. The Hall–Kier alpha value is -3.26. The van der Waals surface area contributed by atoms with Crippen molar-refractivity contribution in [2.45, 2.75) is 18.7 Å². The number of ether oxygens (including phenoxy) is 2. The van der Waals surface area contributed by atoms with Crippen LogP contribution in [0.5, 0.6) is 11.5 Å². The Kier molecular flexibility index (Phi) is 4.56. The van der Waals surface area contributed by atoms with Gasteiger partial charge in [-0.25, -0.2) is 13.4 Å².